The van der Waals surface area contributed by atoms with Gasteiger partial charge in [0.2, 0.25) is 0 Å². The van der Waals surface area contributed by atoms with Crippen molar-refractivity contribution in [1.82, 2.24) is 5.32 Å². The molecule has 0 bridgehead atoms. The number of alkyl carbamates (subject to hydrolysis) is 1. The SMILES string of the molecule is CN(CCOC(=O)NCCOC(=O)C(C)(CN)CC(C)(C)C)c1ccc(/C=C/c2ccc(/C=C/C3=C(C#N)C(=C(C#N)C#N)OC3(c3ccccc3)C(F)(F)F)s2)cc1. The fourth-order valence-corrected chi connectivity index (χ4v) is 7.31. The lowest BCUT2D eigenvalue weighted by Gasteiger charge is -2.33. The second-order valence-electron chi connectivity index (χ2n) is 15.1. The van der Waals surface area contributed by atoms with Crippen molar-refractivity contribution in [1.29, 1.82) is 15.8 Å². The zero-order chi connectivity index (χ0) is 43.4. The molecule has 2 unspecified atom stereocenters. The minimum absolute atomic E-state index is 0.00607. The van der Waals surface area contributed by atoms with E-state index in [0.717, 1.165) is 22.2 Å². The minimum atomic E-state index is -5.08. The zero-order valence-corrected chi connectivity index (χ0v) is 34.2. The van der Waals surface area contributed by atoms with E-state index in [2.05, 4.69) is 5.32 Å². The van der Waals surface area contributed by atoms with E-state index in [1.165, 1.54) is 59.9 Å². The molecule has 4 rings (SSSR count). The van der Waals surface area contributed by atoms with Crippen molar-refractivity contribution in [2.24, 2.45) is 16.6 Å². The smallest absolute Gasteiger partial charge is 0.437 e. The molecule has 2 aromatic carbocycles. The highest BCUT2D eigenvalue weighted by atomic mass is 32.1. The van der Waals surface area contributed by atoms with Crippen molar-refractivity contribution in [2.75, 3.05) is 44.8 Å². The Labute approximate surface area is 346 Å². The first-order chi connectivity index (χ1) is 27.9. The van der Waals surface area contributed by atoms with Crippen molar-refractivity contribution in [3.8, 4) is 18.2 Å². The Morgan fingerprint density at radius 3 is 2.08 bits per heavy atom. The average Bonchev–Trinajstić information content (AvgIpc) is 3.80. The third-order valence-corrected chi connectivity index (χ3v) is 10.3. The summed E-state index contributed by atoms with van der Waals surface area (Å²) in [4.78, 5) is 28.1. The van der Waals surface area contributed by atoms with E-state index in [1.807, 2.05) is 69.1 Å². The highest BCUT2D eigenvalue weighted by Crippen LogP contribution is 2.56. The van der Waals surface area contributed by atoms with Gasteiger partial charge in [-0.05, 0) is 60.7 Å². The zero-order valence-electron chi connectivity index (χ0n) is 33.4. The van der Waals surface area contributed by atoms with Crippen molar-refractivity contribution in [2.45, 2.75) is 45.9 Å². The number of likely N-dealkylation sites (N-methyl/N-ethyl adjacent to an activating group) is 1. The lowest BCUT2D eigenvalue weighted by Crippen LogP contribution is -2.43. The lowest BCUT2D eigenvalue weighted by atomic mass is 9.75. The Hall–Kier alpha value is -6.34. The van der Waals surface area contributed by atoms with E-state index >= 15 is 13.2 Å². The van der Waals surface area contributed by atoms with Crippen LogP contribution in [0.3, 0.4) is 0 Å². The Morgan fingerprint density at radius 1 is 0.898 bits per heavy atom. The minimum Gasteiger partial charge on any atom is -0.465 e. The summed E-state index contributed by atoms with van der Waals surface area (Å²) in [5.74, 6) is -1.13. The number of carbonyl (C=O) groups excluding carboxylic acids is 2. The predicted octanol–water partition coefficient (Wildman–Crippen LogP) is 8.65. The number of amides is 1. The van der Waals surface area contributed by atoms with Gasteiger partial charge in [0.05, 0.1) is 18.5 Å². The molecular weight excluding hydrogens is 782 g/mol. The van der Waals surface area contributed by atoms with Crippen molar-refractivity contribution >= 4 is 47.3 Å². The van der Waals surface area contributed by atoms with Gasteiger partial charge in [0.25, 0.3) is 5.60 Å². The first-order valence-electron chi connectivity index (χ1n) is 18.5. The maximum absolute atomic E-state index is 15.0. The molecule has 0 aliphatic carbocycles. The fraction of sp³-hybridized carbons (Fsp3) is 0.341. The number of nitrogens with two attached hydrogens (primary N) is 1. The number of nitriles is 3. The van der Waals surface area contributed by atoms with Gasteiger partial charge in [-0.25, -0.2) is 4.79 Å². The van der Waals surface area contributed by atoms with Crippen LogP contribution < -0.4 is 16.0 Å². The molecule has 11 nitrogen and oxygen atoms in total. The van der Waals surface area contributed by atoms with E-state index in [-0.39, 0.29) is 37.3 Å². The van der Waals surface area contributed by atoms with Gasteiger partial charge in [-0.3, -0.25) is 4.79 Å². The first kappa shape index (κ1) is 45.4. The number of esters is 1. The highest BCUT2D eigenvalue weighted by molar-refractivity contribution is 7.13. The van der Waals surface area contributed by atoms with Crippen LogP contribution in [0.4, 0.5) is 23.7 Å². The van der Waals surface area contributed by atoms with Gasteiger partial charge in [0, 0.05) is 40.2 Å². The number of alkyl halides is 3. The van der Waals surface area contributed by atoms with Crippen LogP contribution in [-0.4, -0.2) is 58.1 Å². The van der Waals surface area contributed by atoms with E-state index in [1.54, 1.807) is 25.1 Å². The number of nitrogens with zero attached hydrogens (tertiary/aromatic N) is 4. The van der Waals surface area contributed by atoms with Crippen LogP contribution >= 0.6 is 11.3 Å². The Kier molecular flexibility index (Phi) is 14.9. The predicted molar refractivity (Wildman–Crippen MR) is 220 cm³/mol. The normalized spacial score (nSPS) is 16.5. The molecular formula is C44H45F3N6O5S. The van der Waals surface area contributed by atoms with Gasteiger partial charge in [0.1, 0.15) is 37.0 Å². The Bertz CT molecular complexity index is 2220. The Morgan fingerprint density at radius 2 is 1.53 bits per heavy atom. The summed E-state index contributed by atoms with van der Waals surface area (Å²) >= 11 is 1.29. The number of ether oxygens (including phenoxy) is 3. The molecule has 59 heavy (non-hydrogen) atoms. The lowest BCUT2D eigenvalue weighted by molar-refractivity contribution is -0.249. The van der Waals surface area contributed by atoms with Crippen molar-refractivity contribution < 1.29 is 37.0 Å². The summed E-state index contributed by atoms with van der Waals surface area (Å²) in [6.45, 7) is 8.62. The molecule has 15 heteroatoms. The van der Waals surface area contributed by atoms with Gasteiger partial charge in [-0.15, -0.1) is 11.3 Å². The van der Waals surface area contributed by atoms with Crippen LogP contribution in [-0.2, 0) is 24.6 Å². The second-order valence-corrected chi connectivity index (χ2v) is 16.2. The van der Waals surface area contributed by atoms with Gasteiger partial charge < -0.3 is 30.2 Å². The van der Waals surface area contributed by atoms with Crippen LogP contribution in [0, 0.1) is 44.8 Å². The summed E-state index contributed by atoms with van der Waals surface area (Å²) in [5, 5.41) is 31.5. The van der Waals surface area contributed by atoms with Gasteiger partial charge in [-0.1, -0.05) is 75.4 Å². The molecule has 0 fully saturated rings. The van der Waals surface area contributed by atoms with E-state index in [4.69, 9.17) is 19.9 Å². The number of nitrogens with one attached hydrogen (secondary N) is 1. The molecule has 0 saturated heterocycles. The molecule has 2 heterocycles. The highest BCUT2D eigenvalue weighted by Gasteiger charge is 2.65. The number of hydrogen-bond donors (Lipinski definition) is 2. The first-order valence-corrected chi connectivity index (χ1v) is 19.3. The molecule has 0 saturated carbocycles. The summed E-state index contributed by atoms with van der Waals surface area (Å²) in [5.41, 5.74) is 1.39. The largest absolute Gasteiger partial charge is 0.465 e. The maximum atomic E-state index is 15.0. The number of benzene rings is 2. The maximum Gasteiger partial charge on any atom is 0.437 e. The van der Waals surface area contributed by atoms with Crippen molar-refractivity contribution in [3.63, 3.8) is 0 Å². The summed E-state index contributed by atoms with van der Waals surface area (Å²) in [7, 11) is 1.85. The number of halogens is 3. The molecule has 0 radical (unpaired) electrons. The fourth-order valence-electron chi connectivity index (χ4n) is 6.49. The van der Waals surface area contributed by atoms with Crippen LogP contribution in [0.25, 0.3) is 18.2 Å². The number of hydrogen-bond acceptors (Lipinski definition) is 11. The van der Waals surface area contributed by atoms with Gasteiger partial charge in [-0.2, -0.15) is 29.0 Å². The third kappa shape index (κ3) is 11.2. The molecule has 1 aliphatic rings. The molecule has 3 aromatic rings. The molecule has 1 aliphatic heterocycles. The van der Waals surface area contributed by atoms with Crippen LogP contribution in [0.2, 0.25) is 0 Å². The number of thiophene rings is 1. The molecule has 1 aromatic heterocycles. The third-order valence-electron chi connectivity index (χ3n) is 9.24. The van der Waals surface area contributed by atoms with Gasteiger partial charge in [0.15, 0.2) is 11.3 Å². The number of carbonyl (C=O) groups is 2. The standard InChI is InChI=1S/C44H45F3N6O5S/c1-41(2,3)28-42(4,29-51)39(54)56-23-21-52-40(55)57-24-22-53(5)33-14-11-30(12-15-33)13-16-34-17-18-35(59-34)19-20-37-36(27-50)38(31(25-48)26-49)58-43(37,44(45,46)47)32-9-7-6-8-10-32/h6-20H,21-24,28-29,51H2,1-5H3,(H,52,55)/b16-13+,20-19+. The molecule has 308 valence electrons. The van der Waals surface area contributed by atoms with Crippen molar-refractivity contribution in [3.05, 3.63) is 116 Å². The number of rotatable bonds is 15. The Balaban J connectivity index is 1.34. The van der Waals surface area contributed by atoms with E-state index in [9.17, 15) is 25.4 Å². The van der Waals surface area contributed by atoms with E-state index in [0.29, 0.717) is 17.8 Å². The van der Waals surface area contributed by atoms with E-state index < -0.39 is 51.7 Å². The topological polar surface area (TPSA) is 174 Å². The average molecular weight is 827 g/mol. The van der Waals surface area contributed by atoms with Crippen LogP contribution in [0.1, 0.15) is 55.0 Å². The summed E-state index contributed by atoms with van der Waals surface area (Å²) in [6.07, 6.45) is 1.17. The second kappa shape index (κ2) is 19.4. The van der Waals surface area contributed by atoms with Gasteiger partial charge >= 0.3 is 18.2 Å². The molecule has 1 amide bonds. The summed E-state index contributed by atoms with van der Waals surface area (Å²) < 4.78 is 61.2. The quantitative estimate of drug-likeness (QED) is 0.0857. The van der Waals surface area contributed by atoms with Crippen LogP contribution in [0.15, 0.2) is 95.3 Å². The number of allylic oxidation sites excluding steroid dienone is 2. The summed E-state index contributed by atoms with van der Waals surface area (Å²) in [6, 6.07) is 22.7. The monoisotopic (exact) mass is 826 g/mol. The molecule has 3 N–H and O–H groups in total. The number of anilines is 1. The van der Waals surface area contributed by atoms with Crippen LogP contribution in [0.5, 0.6) is 0 Å². The molecule has 2 atom stereocenters. The molecule has 0 spiro atoms.